The minimum Gasteiger partial charge on any atom is -0.370 e. The van der Waals surface area contributed by atoms with E-state index in [0.29, 0.717) is 18.2 Å². The maximum Gasteiger partial charge on any atom is 0.189 e. The summed E-state index contributed by atoms with van der Waals surface area (Å²) >= 11 is 0. The summed E-state index contributed by atoms with van der Waals surface area (Å²) in [5.41, 5.74) is 7.18. The maximum atomic E-state index is 14.2. The van der Waals surface area contributed by atoms with Crippen LogP contribution in [0.15, 0.2) is 41.9 Å². The van der Waals surface area contributed by atoms with Crippen LogP contribution >= 0.6 is 0 Å². The van der Waals surface area contributed by atoms with Gasteiger partial charge in [-0.1, -0.05) is 32.8 Å². The van der Waals surface area contributed by atoms with Crippen LogP contribution in [-0.2, 0) is 6.54 Å². The highest BCUT2D eigenvalue weighted by Crippen LogP contribution is 2.15. The van der Waals surface area contributed by atoms with E-state index in [2.05, 4.69) is 36.1 Å². The Morgan fingerprint density at radius 2 is 2.12 bits per heavy atom. The Bertz CT molecular complexity index is 679. The van der Waals surface area contributed by atoms with Gasteiger partial charge in [0.1, 0.15) is 5.82 Å². The molecule has 0 aliphatic heterocycles. The Labute approximate surface area is 149 Å². The predicted octanol–water partition coefficient (Wildman–Crippen LogP) is 3.63. The molecule has 0 saturated carbocycles. The third kappa shape index (κ3) is 6.21. The van der Waals surface area contributed by atoms with Crippen LogP contribution in [0.3, 0.4) is 0 Å². The van der Waals surface area contributed by atoms with Crippen molar-refractivity contribution < 1.29 is 4.39 Å². The number of imidazole rings is 1. The monoisotopic (exact) mass is 345 g/mol. The summed E-state index contributed by atoms with van der Waals surface area (Å²) in [6.07, 6.45) is 8.33. The first-order chi connectivity index (χ1) is 12.0. The van der Waals surface area contributed by atoms with Gasteiger partial charge >= 0.3 is 0 Å². The number of hydrogen-bond acceptors (Lipinski definition) is 2. The van der Waals surface area contributed by atoms with E-state index in [9.17, 15) is 4.39 Å². The third-order valence-corrected chi connectivity index (χ3v) is 4.04. The summed E-state index contributed by atoms with van der Waals surface area (Å²) in [5.74, 6) is 0.814. The van der Waals surface area contributed by atoms with Gasteiger partial charge in [-0.15, -0.1) is 0 Å². The molecule has 0 bridgehead atoms. The van der Waals surface area contributed by atoms with E-state index in [1.165, 1.54) is 18.9 Å². The second-order valence-electron chi connectivity index (χ2n) is 6.83. The molecule has 0 amide bonds. The summed E-state index contributed by atoms with van der Waals surface area (Å²) in [6.45, 7) is 6.90. The highest BCUT2D eigenvalue weighted by molar-refractivity contribution is 5.78. The van der Waals surface area contributed by atoms with Crippen molar-refractivity contribution in [3.8, 4) is 5.69 Å². The molecule has 0 radical (unpaired) electrons. The summed E-state index contributed by atoms with van der Waals surface area (Å²) in [5, 5.41) is 3.19. The number of nitrogens with one attached hydrogen (secondary N) is 1. The van der Waals surface area contributed by atoms with Gasteiger partial charge in [0, 0.05) is 18.4 Å². The third-order valence-electron chi connectivity index (χ3n) is 4.04. The fourth-order valence-electron chi connectivity index (χ4n) is 2.64. The van der Waals surface area contributed by atoms with E-state index in [1.807, 2.05) is 6.07 Å². The second-order valence-corrected chi connectivity index (χ2v) is 6.83. The van der Waals surface area contributed by atoms with Crippen LogP contribution in [0.1, 0.15) is 45.6 Å². The first-order valence-electron chi connectivity index (χ1n) is 8.79. The van der Waals surface area contributed by atoms with Gasteiger partial charge in [0.15, 0.2) is 5.96 Å². The highest BCUT2D eigenvalue weighted by atomic mass is 19.1. The summed E-state index contributed by atoms with van der Waals surface area (Å²) < 4.78 is 15.8. The molecule has 1 aromatic carbocycles. The van der Waals surface area contributed by atoms with Crippen molar-refractivity contribution >= 4 is 5.96 Å². The average Bonchev–Trinajstić information content (AvgIpc) is 3.06. The fourth-order valence-corrected chi connectivity index (χ4v) is 2.64. The largest absolute Gasteiger partial charge is 0.370 e. The van der Waals surface area contributed by atoms with Gasteiger partial charge in [-0.05, 0) is 37.0 Å². The molecule has 6 heteroatoms. The number of guanidine groups is 1. The van der Waals surface area contributed by atoms with Crippen molar-refractivity contribution in [1.29, 1.82) is 0 Å². The lowest BCUT2D eigenvalue weighted by Crippen LogP contribution is -2.38. The van der Waals surface area contributed by atoms with Gasteiger partial charge in [-0.3, -0.25) is 0 Å². The molecule has 0 fully saturated rings. The standard InChI is InChI=1S/C19H28FN5/c1-14(2)5-4-6-15(3)24-19(21)23-12-16-7-8-18(17(20)11-16)25-10-9-22-13-25/h7-11,13-15H,4-6,12H2,1-3H3,(H3,21,23,24). The van der Waals surface area contributed by atoms with Gasteiger partial charge in [-0.2, -0.15) is 0 Å². The molecule has 2 aromatic rings. The van der Waals surface area contributed by atoms with E-state index in [0.717, 1.165) is 17.9 Å². The van der Waals surface area contributed by atoms with Gasteiger partial charge in [-0.25, -0.2) is 14.4 Å². The fraction of sp³-hybridized carbons (Fsp3) is 0.474. The molecular weight excluding hydrogens is 317 g/mol. The average molecular weight is 345 g/mol. The van der Waals surface area contributed by atoms with E-state index in [4.69, 9.17) is 5.73 Å². The molecule has 1 atom stereocenters. The molecule has 0 saturated heterocycles. The maximum absolute atomic E-state index is 14.2. The first kappa shape index (κ1) is 19.0. The highest BCUT2D eigenvalue weighted by Gasteiger charge is 2.06. The van der Waals surface area contributed by atoms with Crippen molar-refractivity contribution in [3.63, 3.8) is 0 Å². The van der Waals surface area contributed by atoms with Crippen molar-refractivity contribution in [1.82, 2.24) is 14.9 Å². The van der Waals surface area contributed by atoms with Crippen molar-refractivity contribution in [2.45, 2.75) is 52.6 Å². The molecule has 0 aliphatic carbocycles. The molecule has 1 heterocycles. The lowest BCUT2D eigenvalue weighted by molar-refractivity contribution is 0.493. The number of hydrogen-bond donors (Lipinski definition) is 2. The summed E-state index contributed by atoms with van der Waals surface area (Å²) in [7, 11) is 0. The number of nitrogens with zero attached hydrogens (tertiary/aromatic N) is 3. The zero-order chi connectivity index (χ0) is 18.2. The van der Waals surface area contributed by atoms with Crippen molar-refractivity contribution in [2.75, 3.05) is 0 Å². The number of benzene rings is 1. The second kappa shape index (κ2) is 9.20. The Morgan fingerprint density at radius 1 is 1.32 bits per heavy atom. The van der Waals surface area contributed by atoms with Crippen LogP contribution in [0.4, 0.5) is 4.39 Å². The Hall–Kier alpha value is -2.37. The summed E-state index contributed by atoms with van der Waals surface area (Å²) in [4.78, 5) is 8.24. The Morgan fingerprint density at radius 3 is 2.76 bits per heavy atom. The summed E-state index contributed by atoms with van der Waals surface area (Å²) in [6, 6.07) is 5.34. The number of rotatable bonds is 8. The van der Waals surface area contributed by atoms with E-state index in [1.54, 1.807) is 29.4 Å². The smallest absolute Gasteiger partial charge is 0.189 e. The number of nitrogens with two attached hydrogens (primary N) is 1. The van der Waals surface area contributed by atoms with Gasteiger partial charge in [0.05, 0.1) is 18.6 Å². The Kier molecular flexibility index (Phi) is 6.98. The van der Waals surface area contributed by atoms with Gasteiger partial charge in [0.2, 0.25) is 0 Å². The molecule has 25 heavy (non-hydrogen) atoms. The number of halogens is 1. The van der Waals surface area contributed by atoms with Crippen molar-refractivity contribution in [2.24, 2.45) is 16.6 Å². The molecular formula is C19H28FN5. The molecule has 1 aromatic heterocycles. The normalized spacial score (nSPS) is 13.2. The van der Waals surface area contributed by atoms with Gasteiger partial charge in [0.25, 0.3) is 0 Å². The first-order valence-corrected chi connectivity index (χ1v) is 8.79. The van der Waals surface area contributed by atoms with E-state index < -0.39 is 0 Å². The Balaban J connectivity index is 1.87. The van der Waals surface area contributed by atoms with E-state index >= 15 is 0 Å². The molecule has 3 N–H and O–H groups in total. The lowest BCUT2D eigenvalue weighted by atomic mass is 10.0. The van der Waals surface area contributed by atoms with Crippen LogP contribution in [0.25, 0.3) is 5.69 Å². The van der Waals surface area contributed by atoms with Crippen LogP contribution in [0.2, 0.25) is 0 Å². The van der Waals surface area contributed by atoms with Crippen LogP contribution < -0.4 is 11.1 Å². The molecule has 1 unspecified atom stereocenters. The zero-order valence-corrected chi connectivity index (χ0v) is 15.2. The van der Waals surface area contributed by atoms with Gasteiger partial charge < -0.3 is 15.6 Å². The topological polar surface area (TPSA) is 68.2 Å². The molecule has 0 aliphatic rings. The lowest BCUT2D eigenvalue weighted by Gasteiger charge is -2.15. The quantitative estimate of drug-likeness (QED) is 0.567. The number of aromatic nitrogens is 2. The zero-order valence-electron chi connectivity index (χ0n) is 15.2. The molecule has 5 nitrogen and oxygen atoms in total. The molecule has 136 valence electrons. The van der Waals surface area contributed by atoms with Crippen LogP contribution in [-0.4, -0.2) is 21.6 Å². The minimum atomic E-state index is -0.306. The number of aliphatic imine (C=N–C) groups is 1. The van der Waals surface area contributed by atoms with Crippen LogP contribution in [0.5, 0.6) is 0 Å². The SMILES string of the molecule is CC(C)CCCC(C)NC(N)=NCc1ccc(-n2ccnc2)c(F)c1. The van der Waals surface area contributed by atoms with Crippen LogP contribution in [0, 0.1) is 11.7 Å². The molecule has 2 rings (SSSR count). The minimum absolute atomic E-state index is 0.280. The van der Waals surface area contributed by atoms with E-state index in [-0.39, 0.29) is 11.9 Å². The van der Waals surface area contributed by atoms with Crippen molar-refractivity contribution in [3.05, 3.63) is 48.3 Å². The molecule has 0 spiro atoms. The predicted molar refractivity (Wildman–Crippen MR) is 100 cm³/mol.